The smallest absolute Gasteiger partial charge is 0.237 e. The Balaban J connectivity index is 0.00000300. The Morgan fingerprint density at radius 1 is 1.03 bits per heavy atom. The summed E-state index contributed by atoms with van der Waals surface area (Å²) in [6.07, 6.45) is 2.37. The summed E-state index contributed by atoms with van der Waals surface area (Å²) in [4.78, 5) is 15.3. The molecule has 4 nitrogen and oxygen atoms in total. The number of rotatable bonds is 6. The number of halogens is 1. The molecule has 2 aromatic rings. The van der Waals surface area contributed by atoms with E-state index in [4.69, 9.17) is 0 Å². The number of hydrogen-bond donors (Lipinski definition) is 0. The van der Waals surface area contributed by atoms with Crippen molar-refractivity contribution in [1.82, 2.24) is 4.90 Å². The van der Waals surface area contributed by atoms with Crippen LogP contribution < -0.4 is 0 Å². The van der Waals surface area contributed by atoms with Crippen LogP contribution in [0.3, 0.4) is 0 Å². The molecule has 0 aliphatic carbocycles. The molecule has 1 heterocycles. The summed E-state index contributed by atoms with van der Waals surface area (Å²) in [6.45, 7) is 5.18. The van der Waals surface area contributed by atoms with Crippen LogP contribution in [0.2, 0.25) is 0 Å². The monoisotopic (exact) mass is 460 g/mol. The SMILES string of the molecule is Br.CN(C)C(=O)C(CC[N+]1([O-])CCCC1(C)C)(c1ccccc1)c1ccccc1. The van der Waals surface area contributed by atoms with E-state index in [2.05, 4.69) is 13.8 Å². The molecule has 1 atom stereocenters. The average molecular weight is 461 g/mol. The van der Waals surface area contributed by atoms with Crippen molar-refractivity contribution in [2.45, 2.75) is 44.1 Å². The maximum absolute atomic E-state index is 13.7. The van der Waals surface area contributed by atoms with Crippen molar-refractivity contribution in [3.05, 3.63) is 77.0 Å². The largest absolute Gasteiger partial charge is 0.632 e. The van der Waals surface area contributed by atoms with Crippen LogP contribution in [0.15, 0.2) is 60.7 Å². The van der Waals surface area contributed by atoms with E-state index in [-0.39, 0.29) is 33.1 Å². The number of benzene rings is 2. The second-order valence-corrected chi connectivity index (χ2v) is 8.84. The lowest BCUT2D eigenvalue weighted by Crippen LogP contribution is -2.56. The van der Waals surface area contributed by atoms with Crippen molar-refractivity contribution >= 4 is 22.9 Å². The van der Waals surface area contributed by atoms with Crippen molar-refractivity contribution < 1.29 is 9.44 Å². The van der Waals surface area contributed by atoms with E-state index in [0.29, 0.717) is 19.5 Å². The Morgan fingerprint density at radius 3 is 1.90 bits per heavy atom. The molecule has 0 aromatic heterocycles. The zero-order valence-electron chi connectivity index (χ0n) is 17.9. The van der Waals surface area contributed by atoms with Gasteiger partial charge in [-0.05, 0) is 25.0 Å². The standard InChI is InChI=1S/C24H32N2O2.BrH/c1-23(2)16-11-18-26(23,28)19-17-24(22(27)25(3)4,20-12-7-5-8-13-20)21-14-9-6-10-15-21;/h5-10,12-15H,11,16-19H2,1-4H3;1H. The summed E-state index contributed by atoms with van der Waals surface area (Å²) in [7, 11) is 3.59. The predicted octanol–water partition coefficient (Wildman–Crippen LogP) is 4.92. The van der Waals surface area contributed by atoms with Crippen molar-refractivity contribution in [2.75, 3.05) is 27.2 Å². The molecule has 1 unspecified atom stereocenters. The van der Waals surface area contributed by atoms with Crippen LogP contribution in [-0.2, 0) is 10.2 Å². The molecule has 1 saturated heterocycles. The number of carbonyl (C=O) groups excluding carboxylic acids is 1. The number of hydroxylamine groups is 3. The highest BCUT2D eigenvalue weighted by atomic mass is 79.9. The molecule has 0 radical (unpaired) electrons. The lowest BCUT2D eigenvalue weighted by Gasteiger charge is -2.51. The Labute approximate surface area is 185 Å². The average Bonchev–Trinajstić information content (AvgIpc) is 2.96. The summed E-state index contributed by atoms with van der Waals surface area (Å²) >= 11 is 0. The molecule has 1 amide bonds. The van der Waals surface area contributed by atoms with E-state index in [0.717, 1.165) is 24.0 Å². The third-order valence-electron chi connectivity index (χ3n) is 6.56. The van der Waals surface area contributed by atoms with E-state index < -0.39 is 5.41 Å². The number of carbonyl (C=O) groups is 1. The van der Waals surface area contributed by atoms with Gasteiger partial charge in [-0.1, -0.05) is 60.7 Å². The van der Waals surface area contributed by atoms with E-state index in [1.807, 2.05) is 60.7 Å². The molecule has 158 valence electrons. The van der Waals surface area contributed by atoms with Gasteiger partial charge >= 0.3 is 0 Å². The zero-order chi connectivity index (χ0) is 20.4. The first-order chi connectivity index (χ1) is 13.2. The van der Waals surface area contributed by atoms with E-state index in [9.17, 15) is 10.0 Å². The summed E-state index contributed by atoms with van der Waals surface area (Å²) < 4.78 is -0.227. The summed E-state index contributed by atoms with van der Waals surface area (Å²) in [6, 6.07) is 19.9. The topological polar surface area (TPSA) is 43.4 Å². The van der Waals surface area contributed by atoms with Crippen LogP contribution in [0.5, 0.6) is 0 Å². The Bertz CT molecular complexity index is 769. The first kappa shape index (κ1) is 23.6. The van der Waals surface area contributed by atoms with Crippen LogP contribution in [-0.4, -0.2) is 48.2 Å². The van der Waals surface area contributed by atoms with Gasteiger partial charge in [0, 0.05) is 33.4 Å². The zero-order valence-corrected chi connectivity index (χ0v) is 19.6. The normalized spacial score (nSPS) is 20.7. The fourth-order valence-electron chi connectivity index (χ4n) is 4.67. The van der Waals surface area contributed by atoms with Crippen molar-refractivity contribution in [3.63, 3.8) is 0 Å². The van der Waals surface area contributed by atoms with Gasteiger partial charge in [-0.15, -0.1) is 17.0 Å². The lowest BCUT2D eigenvalue weighted by molar-refractivity contribution is -0.915. The highest BCUT2D eigenvalue weighted by Gasteiger charge is 2.48. The number of likely N-dealkylation sites (N-methyl/N-ethyl adjacent to an activating group) is 1. The van der Waals surface area contributed by atoms with Crippen molar-refractivity contribution in [1.29, 1.82) is 0 Å². The van der Waals surface area contributed by atoms with E-state index >= 15 is 0 Å². The van der Waals surface area contributed by atoms with Crippen molar-refractivity contribution in [2.24, 2.45) is 0 Å². The Kier molecular flexibility index (Phi) is 7.31. The molecule has 0 saturated carbocycles. The molecule has 1 fully saturated rings. The fraction of sp³-hybridized carbons (Fsp3) is 0.458. The van der Waals surface area contributed by atoms with Gasteiger partial charge in [-0.25, -0.2) is 0 Å². The summed E-state index contributed by atoms with van der Waals surface area (Å²) in [5.41, 5.74) is 0.729. The third-order valence-corrected chi connectivity index (χ3v) is 6.56. The minimum absolute atomic E-state index is 0. The molecule has 0 bridgehead atoms. The molecule has 29 heavy (non-hydrogen) atoms. The molecule has 3 rings (SSSR count). The van der Waals surface area contributed by atoms with Gasteiger partial charge < -0.3 is 14.8 Å². The Hall–Kier alpha value is -1.69. The highest BCUT2D eigenvalue weighted by molar-refractivity contribution is 8.93. The quantitative estimate of drug-likeness (QED) is 0.453. The highest BCUT2D eigenvalue weighted by Crippen LogP contribution is 2.42. The minimum atomic E-state index is -0.861. The van der Waals surface area contributed by atoms with Crippen LogP contribution in [0, 0.1) is 5.21 Å². The molecule has 5 heteroatoms. The number of likely N-dealkylation sites (tertiary alicyclic amines) is 1. The summed E-state index contributed by atoms with van der Waals surface area (Å²) in [5, 5.41) is 13.7. The van der Waals surface area contributed by atoms with Gasteiger partial charge in [0.1, 0.15) is 5.41 Å². The molecular formula is C24H33BrN2O2. The molecule has 1 aliphatic heterocycles. The van der Waals surface area contributed by atoms with Crippen LogP contribution in [0.25, 0.3) is 0 Å². The van der Waals surface area contributed by atoms with Gasteiger partial charge in [-0.3, -0.25) is 4.79 Å². The summed E-state index contributed by atoms with van der Waals surface area (Å²) in [5.74, 6) is 0.0218. The number of amides is 1. The maximum atomic E-state index is 13.7. The minimum Gasteiger partial charge on any atom is -0.632 e. The van der Waals surface area contributed by atoms with Gasteiger partial charge in [-0.2, -0.15) is 0 Å². The van der Waals surface area contributed by atoms with Gasteiger partial charge in [0.05, 0.1) is 18.6 Å². The van der Waals surface area contributed by atoms with Crippen LogP contribution >= 0.6 is 17.0 Å². The molecule has 0 spiro atoms. The second-order valence-electron chi connectivity index (χ2n) is 8.84. The number of nitrogens with zero attached hydrogens (tertiary/aromatic N) is 2. The van der Waals surface area contributed by atoms with Crippen LogP contribution in [0.1, 0.15) is 44.2 Å². The molecular weight excluding hydrogens is 428 g/mol. The Morgan fingerprint density at radius 2 is 1.52 bits per heavy atom. The van der Waals surface area contributed by atoms with Crippen LogP contribution in [0.4, 0.5) is 0 Å². The predicted molar refractivity (Wildman–Crippen MR) is 124 cm³/mol. The van der Waals surface area contributed by atoms with E-state index in [1.165, 1.54) is 0 Å². The van der Waals surface area contributed by atoms with Gasteiger partial charge in [0.25, 0.3) is 0 Å². The van der Waals surface area contributed by atoms with E-state index in [1.54, 1.807) is 19.0 Å². The molecule has 2 aromatic carbocycles. The van der Waals surface area contributed by atoms with Gasteiger partial charge in [0.2, 0.25) is 5.91 Å². The first-order valence-corrected chi connectivity index (χ1v) is 10.1. The second kappa shape index (κ2) is 8.99. The van der Waals surface area contributed by atoms with Gasteiger partial charge in [0.15, 0.2) is 0 Å². The molecule has 1 aliphatic rings. The molecule has 0 N–H and O–H groups in total. The third kappa shape index (κ3) is 4.27. The number of quaternary nitrogens is 1. The fourth-order valence-corrected chi connectivity index (χ4v) is 4.67. The maximum Gasteiger partial charge on any atom is 0.237 e. The lowest BCUT2D eigenvalue weighted by atomic mass is 9.70. The first-order valence-electron chi connectivity index (χ1n) is 10.1. The van der Waals surface area contributed by atoms with Crippen molar-refractivity contribution in [3.8, 4) is 0 Å². The number of hydrogen-bond acceptors (Lipinski definition) is 2.